The van der Waals surface area contributed by atoms with E-state index in [1.54, 1.807) is 18.2 Å². The molecule has 0 unspecified atom stereocenters. The predicted octanol–water partition coefficient (Wildman–Crippen LogP) is 6.60. The van der Waals surface area contributed by atoms with Gasteiger partial charge in [-0.15, -0.1) is 0 Å². The largest absolute Gasteiger partial charge is 0.365 e. The van der Waals surface area contributed by atoms with E-state index < -0.39 is 0 Å². The minimum absolute atomic E-state index is 0.475. The number of hydrogen-bond donors (Lipinski definition) is 2. The first kappa shape index (κ1) is 18.5. The number of benzene rings is 3. The van der Waals surface area contributed by atoms with E-state index in [9.17, 15) is 0 Å². The number of aromatic nitrogens is 2. The van der Waals surface area contributed by atoms with Crippen LogP contribution in [-0.4, -0.2) is 9.97 Å². The summed E-state index contributed by atoms with van der Waals surface area (Å²) in [6, 6.07) is 21.6. The van der Waals surface area contributed by atoms with Gasteiger partial charge in [-0.05, 0) is 42.8 Å². The average Bonchev–Trinajstić information content (AvgIpc) is 2.66. The number of para-hydroxylation sites is 1. The van der Waals surface area contributed by atoms with Crippen molar-refractivity contribution in [3.63, 3.8) is 0 Å². The minimum Gasteiger partial charge on any atom is -0.365 e. The van der Waals surface area contributed by atoms with Gasteiger partial charge in [-0.2, -0.15) is 4.98 Å². The summed E-state index contributed by atoms with van der Waals surface area (Å²) >= 11 is 12.2. The van der Waals surface area contributed by atoms with Gasteiger partial charge in [0, 0.05) is 27.7 Å². The number of fused-ring (bicyclic) bond motifs is 1. The summed E-state index contributed by atoms with van der Waals surface area (Å²) < 4.78 is 0. The second-order valence-corrected chi connectivity index (χ2v) is 7.41. The molecule has 4 nitrogen and oxygen atoms in total. The highest BCUT2D eigenvalue weighted by atomic mass is 35.5. The number of nitrogens with zero attached hydrogens (tertiary/aromatic N) is 2. The maximum Gasteiger partial charge on any atom is 0.229 e. The molecule has 0 saturated heterocycles. The van der Waals surface area contributed by atoms with Crippen LogP contribution in [0.2, 0.25) is 10.0 Å². The number of anilines is 3. The van der Waals surface area contributed by atoms with E-state index in [1.165, 1.54) is 11.1 Å². The van der Waals surface area contributed by atoms with Crippen LogP contribution >= 0.6 is 23.2 Å². The first-order valence-electron chi connectivity index (χ1n) is 8.86. The third-order valence-corrected chi connectivity index (χ3v) is 4.74. The summed E-state index contributed by atoms with van der Waals surface area (Å²) in [6.45, 7) is 2.75. The molecule has 0 radical (unpaired) electrons. The highest BCUT2D eigenvalue weighted by Gasteiger charge is 2.09. The summed E-state index contributed by atoms with van der Waals surface area (Å²) in [5, 5.41) is 8.68. The van der Waals surface area contributed by atoms with Crippen molar-refractivity contribution in [2.75, 3.05) is 10.6 Å². The second kappa shape index (κ2) is 8.05. The van der Waals surface area contributed by atoms with E-state index in [4.69, 9.17) is 23.2 Å². The topological polar surface area (TPSA) is 49.8 Å². The third-order valence-electron chi connectivity index (χ3n) is 4.30. The molecule has 140 valence electrons. The van der Waals surface area contributed by atoms with Crippen molar-refractivity contribution in [1.29, 1.82) is 0 Å². The van der Waals surface area contributed by atoms with Crippen LogP contribution in [0.15, 0.2) is 66.7 Å². The number of nitrogens with one attached hydrogen (secondary N) is 2. The highest BCUT2D eigenvalue weighted by Crippen LogP contribution is 2.27. The van der Waals surface area contributed by atoms with Crippen LogP contribution in [-0.2, 0) is 6.54 Å². The Morgan fingerprint density at radius 3 is 2.32 bits per heavy atom. The maximum atomic E-state index is 6.09. The minimum atomic E-state index is 0.475. The van der Waals surface area contributed by atoms with Gasteiger partial charge >= 0.3 is 0 Å². The number of halogens is 2. The van der Waals surface area contributed by atoms with Crippen LogP contribution in [0.4, 0.5) is 17.5 Å². The van der Waals surface area contributed by atoms with Gasteiger partial charge in [-0.1, -0.05) is 65.2 Å². The first-order valence-corrected chi connectivity index (χ1v) is 9.62. The quantitative estimate of drug-likeness (QED) is 0.390. The molecule has 0 saturated carbocycles. The van der Waals surface area contributed by atoms with Gasteiger partial charge in [-0.3, -0.25) is 0 Å². The lowest BCUT2D eigenvalue weighted by atomic mass is 10.1. The van der Waals surface area contributed by atoms with Gasteiger partial charge in [-0.25, -0.2) is 4.98 Å². The Kier molecular flexibility index (Phi) is 5.33. The van der Waals surface area contributed by atoms with Crippen molar-refractivity contribution < 1.29 is 0 Å². The zero-order valence-electron chi connectivity index (χ0n) is 15.2. The number of hydrogen-bond acceptors (Lipinski definition) is 4. The lowest BCUT2D eigenvalue weighted by Crippen LogP contribution is -2.05. The summed E-state index contributed by atoms with van der Waals surface area (Å²) in [7, 11) is 0. The first-order chi connectivity index (χ1) is 13.6. The van der Waals surface area contributed by atoms with Crippen molar-refractivity contribution in [3.8, 4) is 0 Å². The second-order valence-electron chi connectivity index (χ2n) is 6.54. The molecule has 6 heteroatoms. The molecule has 0 spiro atoms. The molecule has 0 amide bonds. The molecule has 0 aliphatic carbocycles. The van der Waals surface area contributed by atoms with Crippen molar-refractivity contribution in [1.82, 2.24) is 9.97 Å². The fourth-order valence-electron chi connectivity index (χ4n) is 2.91. The Bertz CT molecular complexity index is 1110. The average molecular weight is 409 g/mol. The molecule has 4 rings (SSSR count). The monoisotopic (exact) mass is 408 g/mol. The Morgan fingerprint density at radius 2 is 1.57 bits per heavy atom. The summed E-state index contributed by atoms with van der Waals surface area (Å²) in [4.78, 5) is 9.28. The Labute approximate surface area is 173 Å². The lowest BCUT2D eigenvalue weighted by Gasteiger charge is -2.12. The van der Waals surface area contributed by atoms with E-state index in [0.29, 0.717) is 22.5 Å². The van der Waals surface area contributed by atoms with Gasteiger partial charge in [0.25, 0.3) is 0 Å². The van der Waals surface area contributed by atoms with Crippen LogP contribution in [0.25, 0.3) is 10.9 Å². The molecule has 1 heterocycles. The van der Waals surface area contributed by atoms with Crippen molar-refractivity contribution >= 4 is 51.6 Å². The van der Waals surface area contributed by atoms with E-state index in [2.05, 4.69) is 51.8 Å². The molecule has 0 atom stereocenters. The Balaban J connectivity index is 1.65. The zero-order chi connectivity index (χ0) is 19.5. The van der Waals surface area contributed by atoms with E-state index in [-0.39, 0.29) is 0 Å². The van der Waals surface area contributed by atoms with Crippen LogP contribution in [0, 0.1) is 6.92 Å². The molecule has 0 aliphatic rings. The molecule has 0 fully saturated rings. The van der Waals surface area contributed by atoms with E-state index >= 15 is 0 Å². The SMILES string of the molecule is Cc1ccc(CNc2nc(Nc3cc(Cl)cc(Cl)c3)nc3ccccc23)cc1. The van der Waals surface area contributed by atoms with E-state index in [0.717, 1.165) is 22.4 Å². The van der Waals surface area contributed by atoms with Gasteiger partial charge in [0.05, 0.1) is 5.52 Å². The lowest BCUT2D eigenvalue weighted by molar-refractivity contribution is 1.10. The molecule has 0 bridgehead atoms. The fourth-order valence-corrected chi connectivity index (χ4v) is 3.44. The Morgan fingerprint density at radius 1 is 0.857 bits per heavy atom. The number of aryl methyl sites for hydroxylation is 1. The van der Waals surface area contributed by atoms with Crippen molar-refractivity contribution in [2.24, 2.45) is 0 Å². The van der Waals surface area contributed by atoms with Gasteiger partial charge in [0.2, 0.25) is 5.95 Å². The fraction of sp³-hybridized carbons (Fsp3) is 0.0909. The Hall–Kier alpha value is -2.82. The molecule has 2 N–H and O–H groups in total. The third kappa shape index (κ3) is 4.35. The van der Waals surface area contributed by atoms with E-state index in [1.807, 2.05) is 24.3 Å². The van der Waals surface area contributed by atoms with Crippen LogP contribution < -0.4 is 10.6 Å². The smallest absolute Gasteiger partial charge is 0.229 e. The number of rotatable bonds is 5. The maximum absolute atomic E-state index is 6.09. The standard InChI is InChI=1S/C22H18Cl2N4/c1-14-6-8-15(9-7-14)13-25-21-19-4-2-3-5-20(19)27-22(28-21)26-18-11-16(23)10-17(24)12-18/h2-12H,13H2,1H3,(H2,25,26,27,28). The molecule has 3 aromatic carbocycles. The van der Waals surface area contributed by atoms with Gasteiger partial charge in [0.1, 0.15) is 5.82 Å². The highest BCUT2D eigenvalue weighted by molar-refractivity contribution is 6.35. The predicted molar refractivity (Wildman–Crippen MR) is 118 cm³/mol. The van der Waals surface area contributed by atoms with Gasteiger partial charge in [0.15, 0.2) is 0 Å². The summed E-state index contributed by atoms with van der Waals surface area (Å²) in [6.07, 6.45) is 0. The molecule has 1 aromatic heterocycles. The molecule has 4 aromatic rings. The van der Waals surface area contributed by atoms with Crippen molar-refractivity contribution in [2.45, 2.75) is 13.5 Å². The van der Waals surface area contributed by atoms with Crippen molar-refractivity contribution in [3.05, 3.63) is 87.9 Å². The molecule has 28 heavy (non-hydrogen) atoms. The van der Waals surface area contributed by atoms with Crippen LogP contribution in [0.1, 0.15) is 11.1 Å². The normalized spacial score (nSPS) is 10.8. The molecular formula is C22H18Cl2N4. The van der Waals surface area contributed by atoms with Crippen LogP contribution in [0.5, 0.6) is 0 Å². The van der Waals surface area contributed by atoms with Gasteiger partial charge < -0.3 is 10.6 Å². The van der Waals surface area contributed by atoms with Crippen LogP contribution in [0.3, 0.4) is 0 Å². The summed E-state index contributed by atoms with van der Waals surface area (Å²) in [5.41, 5.74) is 4.00. The zero-order valence-corrected chi connectivity index (χ0v) is 16.7. The molecular weight excluding hydrogens is 391 g/mol. The summed E-state index contributed by atoms with van der Waals surface area (Å²) in [5.74, 6) is 1.24. The molecule has 0 aliphatic heterocycles.